The Morgan fingerprint density at radius 2 is 2.10 bits per heavy atom. The highest BCUT2D eigenvalue weighted by Gasteiger charge is 2.37. The van der Waals surface area contributed by atoms with E-state index < -0.39 is 11.9 Å². The van der Waals surface area contributed by atoms with Crippen molar-refractivity contribution in [3.8, 4) is 6.07 Å². The van der Waals surface area contributed by atoms with E-state index in [0.717, 1.165) is 17.6 Å². The topological polar surface area (TPSA) is 71.3 Å². The van der Waals surface area contributed by atoms with E-state index in [4.69, 9.17) is 9.47 Å². The maximum atomic E-state index is 13.0. The van der Waals surface area contributed by atoms with Crippen molar-refractivity contribution in [1.29, 1.82) is 5.26 Å². The number of ether oxygens (including phenoxy) is 2. The lowest BCUT2D eigenvalue weighted by molar-refractivity contribution is -0.143. The Hall–Kier alpha value is -2.10. The Morgan fingerprint density at radius 3 is 2.59 bits per heavy atom. The Balaban J connectivity index is 3.63. The summed E-state index contributed by atoms with van der Waals surface area (Å²) in [6.07, 6.45) is 4.79. The van der Waals surface area contributed by atoms with E-state index >= 15 is 0 Å². The molecule has 5 nitrogen and oxygen atoms in total. The van der Waals surface area contributed by atoms with E-state index in [9.17, 15) is 10.1 Å². The summed E-state index contributed by atoms with van der Waals surface area (Å²) in [7, 11) is 1.56. The third-order valence-electron chi connectivity index (χ3n) is 4.45. The number of carbonyl (C=O) groups excluding carboxylic acids is 1. The van der Waals surface area contributed by atoms with Gasteiger partial charge in [-0.2, -0.15) is 5.26 Å². The molecular weight excluding hydrogens is 432 g/mol. The Kier molecular flexibility index (Phi) is 10.1. The number of nitrogens with zero attached hydrogens (tertiary/aromatic N) is 1. The lowest BCUT2D eigenvalue weighted by Crippen LogP contribution is -2.34. The lowest BCUT2D eigenvalue weighted by atomic mass is 9.78. The van der Waals surface area contributed by atoms with Gasteiger partial charge in [0.05, 0.1) is 41.5 Å². The molecule has 6 heteroatoms. The number of nitriles is 1. The Labute approximate surface area is 183 Å². The first kappa shape index (κ1) is 24.9. The van der Waals surface area contributed by atoms with Crippen LogP contribution < -0.4 is 5.32 Å². The first-order valence-electron chi connectivity index (χ1n) is 9.64. The number of allylic oxidation sites excluding steroid dienone is 7. The molecule has 1 rings (SSSR count). The van der Waals surface area contributed by atoms with Crippen molar-refractivity contribution in [2.45, 2.75) is 47.1 Å². The van der Waals surface area contributed by atoms with E-state index in [1.807, 2.05) is 19.9 Å². The number of hydrogen-bond acceptors (Lipinski definition) is 5. The van der Waals surface area contributed by atoms with Crippen LogP contribution in [0.1, 0.15) is 41.0 Å². The van der Waals surface area contributed by atoms with Crippen molar-refractivity contribution < 1.29 is 14.3 Å². The second-order valence-electron chi connectivity index (χ2n) is 7.17. The van der Waals surface area contributed by atoms with E-state index in [0.29, 0.717) is 33.4 Å². The maximum Gasteiger partial charge on any atom is 0.337 e. The zero-order valence-electron chi connectivity index (χ0n) is 18.2. The summed E-state index contributed by atoms with van der Waals surface area (Å²) in [6, 6.07) is 2.26. The van der Waals surface area contributed by atoms with Crippen molar-refractivity contribution in [2.75, 3.05) is 19.0 Å². The van der Waals surface area contributed by atoms with Crippen LogP contribution in [0.3, 0.4) is 0 Å². The second kappa shape index (κ2) is 11.8. The average Bonchev–Trinajstić information content (AvgIpc) is 2.64. The molecular formula is C23H31BrN2O3. The van der Waals surface area contributed by atoms with Crippen molar-refractivity contribution in [3.63, 3.8) is 0 Å². The number of hydrogen-bond donors (Lipinski definition) is 1. The monoisotopic (exact) mass is 462 g/mol. The van der Waals surface area contributed by atoms with Crippen LogP contribution in [-0.2, 0) is 14.3 Å². The number of alkyl halides is 1. The molecule has 0 aromatic carbocycles. The smallest absolute Gasteiger partial charge is 0.337 e. The minimum atomic E-state index is -0.601. The van der Waals surface area contributed by atoms with Crippen molar-refractivity contribution in [3.05, 3.63) is 58.0 Å². The van der Waals surface area contributed by atoms with Gasteiger partial charge in [-0.05, 0) is 45.3 Å². The highest BCUT2D eigenvalue weighted by atomic mass is 79.9. The zero-order chi connectivity index (χ0) is 22.1. The standard InChI is InChI=1S/C23H31BrN2O3/c1-8-9-15(4)10-18(11-24)16(5)21-19(12-25)17(6)26-20(13-28-7)22(21)23(27)29-14(2)3/h9-10,14,21,26H,5,8,11,13H2,1-4,6-7H3/b15-9-,18-10-. The number of esters is 1. The predicted molar refractivity (Wildman–Crippen MR) is 120 cm³/mol. The van der Waals surface area contributed by atoms with Crippen LogP contribution in [0.5, 0.6) is 0 Å². The summed E-state index contributed by atoms with van der Waals surface area (Å²) in [5.74, 6) is -1.07. The fraction of sp³-hybridized carbons (Fsp3) is 0.478. The van der Waals surface area contributed by atoms with Gasteiger partial charge in [0.1, 0.15) is 0 Å². The van der Waals surface area contributed by atoms with Crippen LogP contribution in [0.4, 0.5) is 0 Å². The minimum absolute atomic E-state index is 0.199. The number of carbonyl (C=O) groups is 1. The van der Waals surface area contributed by atoms with Gasteiger partial charge in [0.25, 0.3) is 0 Å². The number of nitrogens with one attached hydrogen (secondary N) is 1. The molecule has 0 saturated carbocycles. The molecule has 1 aliphatic heterocycles. The highest BCUT2D eigenvalue weighted by molar-refractivity contribution is 9.09. The normalized spacial score (nSPS) is 18.0. The summed E-state index contributed by atoms with van der Waals surface area (Å²) in [6.45, 7) is 14.0. The molecule has 0 aromatic heterocycles. The first-order chi connectivity index (χ1) is 13.7. The lowest BCUT2D eigenvalue weighted by Gasteiger charge is -2.31. The quantitative estimate of drug-likeness (QED) is 0.293. The summed E-state index contributed by atoms with van der Waals surface area (Å²) >= 11 is 3.53. The average molecular weight is 463 g/mol. The fourth-order valence-corrected chi connectivity index (χ4v) is 3.75. The van der Waals surface area contributed by atoms with E-state index in [-0.39, 0.29) is 12.7 Å². The Bertz CT molecular complexity index is 810. The van der Waals surface area contributed by atoms with Crippen LogP contribution in [0, 0.1) is 17.2 Å². The van der Waals surface area contributed by atoms with Crippen LogP contribution in [0.2, 0.25) is 0 Å². The molecule has 1 atom stereocenters. The first-order valence-corrected chi connectivity index (χ1v) is 10.8. The molecule has 1 N–H and O–H groups in total. The van der Waals surface area contributed by atoms with Crippen LogP contribution in [0.25, 0.3) is 0 Å². The van der Waals surface area contributed by atoms with Gasteiger partial charge in [-0.3, -0.25) is 0 Å². The van der Waals surface area contributed by atoms with Crippen LogP contribution in [0.15, 0.2) is 58.0 Å². The van der Waals surface area contributed by atoms with E-state index in [1.54, 1.807) is 21.0 Å². The number of halogens is 1. The summed E-state index contributed by atoms with van der Waals surface area (Å²) in [4.78, 5) is 13.0. The molecule has 1 unspecified atom stereocenters. The van der Waals surface area contributed by atoms with Crippen molar-refractivity contribution in [2.24, 2.45) is 5.92 Å². The number of methoxy groups -OCH3 is 1. The Morgan fingerprint density at radius 1 is 1.45 bits per heavy atom. The molecule has 29 heavy (non-hydrogen) atoms. The van der Waals surface area contributed by atoms with Crippen LogP contribution in [-0.4, -0.2) is 31.1 Å². The minimum Gasteiger partial charge on any atom is -0.460 e. The SMILES string of the molecule is C=C(/C(=C\C(C)=C/CC)CBr)C1C(C#N)=C(C)NC(COC)=C1C(=O)OC(C)C. The molecule has 1 heterocycles. The summed E-state index contributed by atoms with van der Waals surface area (Å²) in [5, 5.41) is 13.6. The largest absolute Gasteiger partial charge is 0.460 e. The van der Waals surface area contributed by atoms with Gasteiger partial charge in [-0.1, -0.05) is 47.2 Å². The zero-order valence-corrected chi connectivity index (χ0v) is 19.8. The molecule has 0 amide bonds. The fourth-order valence-electron chi connectivity index (χ4n) is 3.23. The van der Waals surface area contributed by atoms with Gasteiger partial charge in [0, 0.05) is 18.1 Å². The molecule has 1 aliphatic rings. The second-order valence-corrected chi connectivity index (χ2v) is 7.73. The predicted octanol–water partition coefficient (Wildman–Crippen LogP) is 5.09. The summed E-state index contributed by atoms with van der Waals surface area (Å²) in [5.41, 5.74) is 4.81. The van der Waals surface area contributed by atoms with Crippen molar-refractivity contribution in [1.82, 2.24) is 5.32 Å². The molecule has 0 aliphatic carbocycles. The van der Waals surface area contributed by atoms with Gasteiger partial charge in [0.15, 0.2) is 0 Å². The molecule has 0 fully saturated rings. The molecule has 0 spiro atoms. The van der Waals surface area contributed by atoms with Crippen molar-refractivity contribution >= 4 is 21.9 Å². The third-order valence-corrected chi connectivity index (χ3v) is 5.05. The molecule has 158 valence electrons. The third kappa shape index (κ3) is 6.45. The van der Waals surface area contributed by atoms with Gasteiger partial charge < -0.3 is 14.8 Å². The van der Waals surface area contributed by atoms with Gasteiger partial charge in [-0.15, -0.1) is 0 Å². The number of rotatable bonds is 9. The molecule has 0 radical (unpaired) electrons. The van der Waals surface area contributed by atoms with Crippen LogP contribution >= 0.6 is 15.9 Å². The molecule has 0 bridgehead atoms. The number of dihydropyridines is 1. The van der Waals surface area contributed by atoms with Gasteiger partial charge in [-0.25, -0.2) is 4.79 Å². The summed E-state index contributed by atoms with van der Waals surface area (Å²) < 4.78 is 10.8. The molecule has 0 aromatic rings. The maximum absolute atomic E-state index is 13.0. The van der Waals surface area contributed by atoms with E-state index in [2.05, 4.69) is 46.9 Å². The highest BCUT2D eigenvalue weighted by Crippen LogP contribution is 2.38. The molecule has 0 saturated heterocycles. The van der Waals surface area contributed by atoms with E-state index in [1.165, 1.54) is 0 Å². The van der Waals surface area contributed by atoms with Gasteiger partial charge in [0.2, 0.25) is 0 Å². The van der Waals surface area contributed by atoms with Gasteiger partial charge >= 0.3 is 5.97 Å².